The zero-order valence-corrected chi connectivity index (χ0v) is 20.1. The molecular formula is C26H28N4O4S. The molecule has 2 N–H and O–H groups in total. The van der Waals surface area contributed by atoms with Crippen LogP contribution >= 0.6 is 0 Å². The first-order chi connectivity index (χ1) is 17.0. The SMILES string of the molecule is O=C(CCCCCN=C1NS(=O)(=O)c2ccccc21)NCc1ccc(OCc2cccnc2)cc1. The molecule has 182 valence electrons. The van der Waals surface area contributed by atoms with Crippen LogP contribution in [0.2, 0.25) is 0 Å². The molecule has 0 atom stereocenters. The second kappa shape index (κ2) is 11.6. The first kappa shape index (κ1) is 24.4. The highest BCUT2D eigenvalue weighted by atomic mass is 32.2. The third-order valence-corrected chi connectivity index (χ3v) is 6.93. The topological polar surface area (TPSA) is 110 Å². The van der Waals surface area contributed by atoms with Gasteiger partial charge in [0.05, 0.1) is 4.90 Å². The molecule has 0 unspecified atom stereocenters. The third-order valence-electron chi connectivity index (χ3n) is 5.54. The van der Waals surface area contributed by atoms with Crippen molar-refractivity contribution in [2.75, 3.05) is 6.54 Å². The first-order valence-electron chi connectivity index (χ1n) is 11.6. The van der Waals surface area contributed by atoms with Crippen LogP contribution < -0.4 is 14.8 Å². The maximum atomic E-state index is 12.1. The van der Waals surface area contributed by atoms with Crippen LogP contribution in [0.5, 0.6) is 5.75 Å². The van der Waals surface area contributed by atoms with Crippen LogP contribution in [-0.2, 0) is 28.0 Å². The molecule has 0 saturated heterocycles. The Morgan fingerprint density at radius 2 is 1.80 bits per heavy atom. The number of ether oxygens (including phenoxy) is 1. The summed E-state index contributed by atoms with van der Waals surface area (Å²) in [5, 5.41) is 2.94. The number of carbonyl (C=O) groups excluding carboxylic acids is 1. The summed E-state index contributed by atoms with van der Waals surface area (Å²) < 4.78 is 32.4. The Morgan fingerprint density at radius 3 is 2.60 bits per heavy atom. The minimum Gasteiger partial charge on any atom is -0.489 e. The molecular weight excluding hydrogens is 464 g/mol. The maximum absolute atomic E-state index is 12.1. The lowest BCUT2D eigenvalue weighted by Crippen LogP contribution is -2.22. The molecule has 3 aromatic rings. The Labute approximate surface area is 205 Å². The van der Waals surface area contributed by atoms with Crippen molar-refractivity contribution in [2.24, 2.45) is 4.99 Å². The van der Waals surface area contributed by atoms with Gasteiger partial charge in [-0.3, -0.25) is 19.5 Å². The molecule has 0 fully saturated rings. The number of rotatable bonds is 11. The number of carbonyl (C=O) groups is 1. The van der Waals surface area contributed by atoms with E-state index in [1.165, 1.54) is 0 Å². The summed E-state index contributed by atoms with van der Waals surface area (Å²) in [4.78, 5) is 20.9. The average molecular weight is 493 g/mol. The van der Waals surface area contributed by atoms with Crippen LogP contribution in [-0.4, -0.2) is 31.7 Å². The fourth-order valence-electron chi connectivity index (χ4n) is 3.66. The predicted octanol–water partition coefficient (Wildman–Crippen LogP) is 3.58. The van der Waals surface area contributed by atoms with Gasteiger partial charge in [-0.25, -0.2) is 8.42 Å². The Kier molecular flexibility index (Phi) is 8.10. The molecule has 1 amide bonds. The van der Waals surface area contributed by atoms with Gasteiger partial charge < -0.3 is 10.1 Å². The van der Waals surface area contributed by atoms with Gasteiger partial charge in [-0.2, -0.15) is 0 Å². The zero-order chi connectivity index (χ0) is 24.5. The molecule has 0 radical (unpaired) electrons. The molecule has 8 nitrogen and oxygen atoms in total. The van der Waals surface area contributed by atoms with E-state index in [1.54, 1.807) is 36.7 Å². The van der Waals surface area contributed by atoms with E-state index in [1.807, 2.05) is 36.4 Å². The number of hydrogen-bond donors (Lipinski definition) is 2. The number of unbranched alkanes of at least 4 members (excludes halogenated alkanes) is 2. The fraction of sp³-hybridized carbons (Fsp3) is 0.269. The largest absolute Gasteiger partial charge is 0.489 e. The van der Waals surface area contributed by atoms with Gasteiger partial charge in [0.2, 0.25) is 5.91 Å². The van der Waals surface area contributed by atoms with Gasteiger partial charge in [0.15, 0.2) is 0 Å². The number of nitrogens with one attached hydrogen (secondary N) is 2. The Bertz CT molecular complexity index is 1280. The summed E-state index contributed by atoms with van der Waals surface area (Å²) in [6.45, 7) is 1.43. The lowest BCUT2D eigenvalue weighted by Gasteiger charge is -2.08. The number of amides is 1. The number of aromatic nitrogens is 1. The van der Waals surface area contributed by atoms with Crippen LogP contribution in [0.1, 0.15) is 42.4 Å². The molecule has 0 spiro atoms. The van der Waals surface area contributed by atoms with E-state index >= 15 is 0 Å². The van der Waals surface area contributed by atoms with Crippen molar-refractivity contribution in [1.82, 2.24) is 15.0 Å². The van der Waals surface area contributed by atoms with Gasteiger partial charge in [-0.15, -0.1) is 0 Å². The quantitative estimate of drug-likeness (QED) is 0.398. The molecule has 0 bridgehead atoms. The summed E-state index contributed by atoms with van der Waals surface area (Å²) in [5.74, 6) is 1.17. The summed E-state index contributed by atoms with van der Waals surface area (Å²) in [7, 11) is -3.50. The van der Waals surface area contributed by atoms with E-state index in [-0.39, 0.29) is 10.8 Å². The molecule has 0 aliphatic carbocycles. The molecule has 35 heavy (non-hydrogen) atoms. The van der Waals surface area contributed by atoms with Crippen LogP contribution in [0.15, 0.2) is 82.9 Å². The van der Waals surface area contributed by atoms with Gasteiger partial charge in [-0.1, -0.05) is 36.8 Å². The summed E-state index contributed by atoms with van der Waals surface area (Å²) >= 11 is 0. The second-order valence-electron chi connectivity index (χ2n) is 8.21. The van der Waals surface area contributed by atoms with Gasteiger partial charge >= 0.3 is 0 Å². The smallest absolute Gasteiger partial charge is 0.263 e. The highest BCUT2D eigenvalue weighted by molar-refractivity contribution is 7.90. The minimum absolute atomic E-state index is 0.00528. The van der Waals surface area contributed by atoms with Crippen molar-refractivity contribution in [3.05, 3.63) is 89.7 Å². The number of fused-ring (bicyclic) bond motifs is 1. The van der Waals surface area contributed by atoms with Crippen LogP contribution in [0.25, 0.3) is 0 Å². The molecule has 1 aliphatic heterocycles. The average Bonchev–Trinajstić information content (AvgIpc) is 3.14. The number of hydrogen-bond acceptors (Lipinski definition) is 6. The number of nitrogens with zero attached hydrogens (tertiary/aromatic N) is 2. The summed E-state index contributed by atoms with van der Waals surface area (Å²) in [6, 6.07) is 18.3. The molecule has 2 heterocycles. The summed E-state index contributed by atoms with van der Waals surface area (Å²) in [6.07, 6.45) is 6.31. The molecule has 0 saturated carbocycles. The number of sulfonamides is 1. The second-order valence-corrected chi connectivity index (χ2v) is 9.86. The van der Waals surface area contributed by atoms with E-state index in [0.717, 1.165) is 36.1 Å². The lowest BCUT2D eigenvalue weighted by atomic mass is 10.1. The molecule has 1 aromatic heterocycles. The standard InChI is InChI=1S/C26H28N4O4S/c31-25(29-18-20-11-13-22(14-12-20)34-19-21-7-6-15-27-17-21)10-2-1-5-16-28-26-23-8-3-4-9-24(23)35(32,33)30-26/h3-4,6-9,11-15,17H,1-2,5,10,16,18-19H2,(H,28,30)(H,29,31). The van der Waals surface area contributed by atoms with Crippen LogP contribution in [0.3, 0.4) is 0 Å². The highest BCUT2D eigenvalue weighted by Crippen LogP contribution is 2.22. The minimum atomic E-state index is -3.50. The zero-order valence-electron chi connectivity index (χ0n) is 19.3. The van der Waals surface area contributed by atoms with Crippen LogP contribution in [0.4, 0.5) is 0 Å². The molecule has 4 rings (SSSR count). The number of pyridine rings is 1. The van der Waals surface area contributed by atoms with Crippen molar-refractivity contribution in [3.8, 4) is 5.75 Å². The summed E-state index contributed by atoms with van der Waals surface area (Å²) in [5.41, 5.74) is 2.62. The van der Waals surface area contributed by atoms with Gasteiger partial charge in [-0.05, 0) is 48.7 Å². The van der Waals surface area contributed by atoms with E-state index in [0.29, 0.717) is 37.5 Å². The van der Waals surface area contributed by atoms with Crippen molar-refractivity contribution >= 4 is 21.8 Å². The van der Waals surface area contributed by atoms with Crippen molar-refractivity contribution in [3.63, 3.8) is 0 Å². The Hall–Kier alpha value is -3.72. The van der Waals surface area contributed by atoms with E-state index < -0.39 is 10.0 Å². The number of aliphatic imine (C=N–C) groups is 1. The maximum Gasteiger partial charge on any atom is 0.263 e. The molecule has 1 aliphatic rings. The van der Waals surface area contributed by atoms with E-state index in [2.05, 4.69) is 20.0 Å². The van der Waals surface area contributed by atoms with Crippen molar-refractivity contribution in [1.29, 1.82) is 0 Å². The first-order valence-corrected chi connectivity index (χ1v) is 13.0. The molecule has 2 aromatic carbocycles. The molecule has 9 heteroatoms. The normalized spacial score (nSPS) is 14.8. The number of amidine groups is 1. The number of benzene rings is 2. The van der Waals surface area contributed by atoms with Crippen molar-refractivity contribution in [2.45, 2.75) is 43.7 Å². The predicted molar refractivity (Wildman–Crippen MR) is 133 cm³/mol. The van der Waals surface area contributed by atoms with Gasteiger partial charge in [0.25, 0.3) is 10.0 Å². The van der Waals surface area contributed by atoms with E-state index in [4.69, 9.17) is 4.74 Å². The lowest BCUT2D eigenvalue weighted by molar-refractivity contribution is -0.121. The third kappa shape index (κ3) is 6.89. The Morgan fingerprint density at radius 1 is 0.971 bits per heavy atom. The van der Waals surface area contributed by atoms with E-state index in [9.17, 15) is 13.2 Å². The fourth-order valence-corrected chi connectivity index (χ4v) is 4.91. The van der Waals surface area contributed by atoms with Crippen molar-refractivity contribution < 1.29 is 17.9 Å². The highest BCUT2D eigenvalue weighted by Gasteiger charge is 2.29. The Balaban J connectivity index is 1.11. The van der Waals surface area contributed by atoms with Gasteiger partial charge in [0, 0.05) is 43.0 Å². The van der Waals surface area contributed by atoms with Gasteiger partial charge in [0.1, 0.15) is 18.2 Å². The monoisotopic (exact) mass is 492 g/mol. The van der Waals surface area contributed by atoms with Crippen LogP contribution in [0, 0.1) is 0 Å².